The van der Waals surface area contributed by atoms with Gasteiger partial charge in [-0.3, -0.25) is 4.90 Å². The van der Waals surface area contributed by atoms with Gasteiger partial charge in [-0.1, -0.05) is 24.3 Å². The molecule has 0 atom stereocenters. The normalized spacial score (nSPS) is 15.2. The van der Waals surface area contributed by atoms with E-state index in [1.54, 1.807) is 0 Å². The first-order chi connectivity index (χ1) is 17.3. The zero-order valence-corrected chi connectivity index (χ0v) is 21.8. The van der Waals surface area contributed by atoms with Crippen molar-refractivity contribution >= 4 is 23.0 Å². The molecule has 0 amide bonds. The van der Waals surface area contributed by atoms with Gasteiger partial charge < -0.3 is 26.4 Å². The molecule has 190 valence electrons. The molecule has 1 aliphatic heterocycles. The first-order valence-corrected chi connectivity index (χ1v) is 12.5. The number of nitrogens with two attached hydrogens (primary N) is 2. The molecular weight excluding hydrogens is 448 g/mol. The Morgan fingerprint density at radius 2 is 1.64 bits per heavy atom. The highest BCUT2D eigenvalue weighted by Crippen LogP contribution is 2.35. The van der Waals surface area contributed by atoms with Crippen molar-refractivity contribution in [3.8, 4) is 16.9 Å². The standard InChI is InChI=1S/C29H38N6O/c1-20-7-5-8-21(2)27(20)23-17-22(3)28(26(30)18-23)33-29(31)32-24-9-6-10-25(19-24)36-16-15-35-13-11-34(4)12-14-35/h5-10,17-19H,11-16,30H2,1-4H3,(H3,31,32,33). The fourth-order valence-corrected chi connectivity index (χ4v) is 4.70. The van der Waals surface area contributed by atoms with Crippen LogP contribution in [0.2, 0.25) is 0 Å². The molecule has 7 nitrogen and oxygen atoms in total. The van der Waals surface area contributed by atoms with Gasteiger partial charge in [-0.05, 0) is 79.9 Å². The Hall–Kier alpha value is -3.55. The highest BCUT2D eigenvalue weighted by Gasteiger charge is 2.14. The van der Waals surface area contributed by atoms with Gasteiger partial charge in [0.15, 0.2) is 5.96 Å². The van der Waals surface area contributed by atoms with E-state index in [-0.39, 0.29) is 5.96 Å². The van der Waals surface area contributed by atoms with Gasteiger partial charge in [0.05, 0.1) is 11.4 Å². The fourth-order valence-electron chi connectivity index (χ4n) is 4.70. The van der Waals surface area contributed by atoms with Crippen molar-refractivity contribution in [3.05, 3.63) is 71.3 Å². The predicted octanol–water partition coefficient (Wildman–Crippen LogP) is 4.55. The zero-order chi connectivity index (χ0) is 25.7. The van der Waals surface area contributed by atoms with Crippen molar-refractivity contribution < 1.29 is 4.74 Å². The van der Waals surface area contributed by atoms with Gasteiger partial charge in [0.1, 0.15) is 12.4 Å². The summed E-state index contributed by atoms with van der Waals surface area (Å²) >= 11 is 0. The monoisotopic (exact) mass is 486 g/mol. The highest BCUT2D eigenvalue weighted by atomic mass is 16.5. The summed E-state index contributed by atoms with van der Waals surface area (Å²) in [5.74, 6) is 1.08. The molecule has 1 saturated heterocycles. The SMILES string of the molecule is Cc1cc(-c2c(C)cccc2C)cc(N)c1N=C(N)Nc1cccc(OCCN2CCN(C)CC2)c1. The van der Waals surface area contributed by atoms with Gasteiger partial charge in [0.25, 0.3) is 0 Å². The van der Waals surface area contributed by atoms with Gasteiger partial charge in [-0.15, -0.1) is 0 Å². The molecule has 36 heavy (non-hydrogen) atoms. The number of nitrogens with one attached hydrogen (secondary N) is 1. The molecule has 0 unspecified atom stereocenters. The summed E-state index contributed by atoms with van der Waals surface area (Å²) in [6, 6.07) is 18.2. The number of aliphatic imine (C=N–C) groups is 1. The Morgan fingerprint density at radius 3 is 2.33 bits per heavy atom. The van der Waals surface area contributed by atoms with Crippen LogP contribution in [-0.2, 0) is 0 Å². The number of likely N-dealkylation sites (N-methyl/N-ethyl adjacent to an activating group) is 1. The van der Waals surface area contributed by atoms with E-state index in [9.17, 15) is 0 Å². The molecule has 7 heteroatoms. The minimum Gasteiger partial charge on any atom is -0.492 e. The van der Waals surface area contributed by atoms with Crippen LogP contribution < -0.4 is 21.5 Å². The first kappa shape index (κ1) is 25.5. The first-order valence-electron chi connectivity index (χ1n) is 12.5. The number of nitrogens with zero attached hydrogens (tertiary/aromatic N) is 3. The lowest BCUT2D eigenvalue weighted by molar-refractivity contribution is 0.134. The van der Waals surface area contributed by atoms with E-state index in [4.69, 9.17) is 16.2 Å². The fraction of sp³-hybridized carbons (Fsp3) is 0.345. The molecule has 4 rings (SSSR count). The van der Waals surface area contributed by atoms with Crippen molar-refractivity contribution in [2.45, 2.75) is 20.8 Å². The van der Waals surface area contributed by atoms with E-state index in [1.165, 1.54) is 16.7 Å². The Balaban J connectivity index is 1.41. The molecule has 3 aromatic rings. The van der Waals surface area contributed by atoms with Crippen molar-refractivity contribution in [2.75, 3.05) is 57.4 Å². The average molecular weight is 487 g/mol. The van der Waals surface area contributed by atoms with Crippen molar-refractivity contribution in [1.82, 2.24) is 9.80 Å². The molecule has 1 heterocycles. The maximum Gasteiger partial charge on any atom is 0.198 e. The summed E-state index contributed by atoms with van der Waals surface area (Å²) in [5, 5.41) is 3.17. The molecule has 3 aromatic carbocycles. The predicted molar refractivity (Wildman–Crippen MR) is 151 cm³/mol. The third kappa shape index (κ3) is 6.36. The third-order valence-electron chi connectivity index (χ3n) is 6.71. The van der Waals surface area contributed by atoms with Crippen LogP contribution in [0.25, 0.3) is 11.1 Å². The topological polar surface area (TPSA) is 92.1 Å². The van der Waals surface area contributed by atoms with Gasteiger partial charge in [-0.25, -0.2) is 4.99 Å². The largest absolute Gasteiger partial charge is 0.492 e. The van der Waals surface area contributed by atoms with E-state index in [2.05, 4.69) is 65.3 Å². The summed E-state index contributed by atoms with van der Waals surface area (Å²) in [7, 11) is 2.17. The Labute approximate surface area is 214 Å². The Kier molecular flexibility index (Phi) is 8.13. The summed E-state index contributed by atoms with van der Waals surface area (Å²) < 4.78 is 5.99. The number of anilines is 2. The summed E-state index contributed by atoms with van der Waals surface area (Å²) in [6.45, 7) is 12.2. The van der Waals surface area contributed by atoms with Crippen LogP contribution in [0, 0.1) is 20.8 Å². The molecule has 0 aliphatic carbocycles. The number of hydrogen-bond acceptors (Lipinski definition) is 5. The van der Waals surface area contributed by atoms with E-state index in [0.717, 1.165) is 55.3 Å². The second-order valence-corrected chi connectivity index (χ2v) is 9.64. The number of rotatable bonds is 7. The zero-order valence-electron chi connectivity index (χ0n) is 21.8. The maximum absolute atomic E-state index is 6.43. The smallest absolute Gasteiger partial charge is 0.198 e. The van der Waals surface area contributed by atoms with Gasteiger partial charge in [-0.2, -0.15) is 0 Å². The van der Waals surface area contributed by atoms with Gasteiger partial charge in [0, 0.05) is 44.5 Å². The number of piperazine rings is 1. The number of benzene rings is 3. The van der Waals surface area contributed by atoms with Crippen molar-refractivity contribution in [1.29, 1.82) is 0 Å². The summed E-state index contributed by atoms with van der Waals surface area (Å²) in [4.78, 5) is 9.39. The lowest BCUT2D eigenvalue weighted by Gasteiger charge is -2.32. The summed E-state index contributed by atoms with van der Waals surface area (Å²) in [6.07, 6.45) is 0. The van der Waals surface area contributed by atoms with E-state index in [1.807, 2.05) is 37.3 Å². The van der Waals surface area contributed by atoms with Gasteiger partial charge in [0.2, 0.25) is 0 Å². The second-order valence-electron chi connectivity index (χ2n) is 9.64. The van der Waals surface area contributed by atoms with Gasteiger partial charge >= 0.3 is 0 Å². The molecule has 0 saturated carbocycles. The Morgan fingerprint density at radius 1 is 0.944 bits per heavy atom. The average Bonchev–Trinajstić information content (AvgIpc) is 2.83. The third-order valence-corrected chi connectivity index (χ3v) is 6.71. The van der Waals surface area contributed by atoms with E-state index in [0.29, 0.717) is 18.0 Å². The van der Waals surface area contributed by atoms with Crippen LogP contribution >= 0.6 is 0 Å². The van der Waals surface area contributed by atoms with Crippen LogP contribution in [-0.4, -0.2) is 62.1 Å². The lowest BCUT2D eigenvalue weighted by atomic mass is 9.94. The number of guanidine groups is 1. The molecule has 0 radical (unpaired) electrons. The van der Waals surface area contributed by atoms with E-state index < -0.39 is 0 Å². The minimum atomic E-state index is 0.277. The number of ether oxygens (including phenoxy) is 1. The molecule has 0 spiro atoms. The van der Waals surface area contributed by atoms with E-state index >= 15 is 0 Å². The van der Waals surface area contributed by atoms with Crippen LogP contribution in [0.15, 0.2) is 59.6 Å². The lowest BCUT2D eigenvalue weighted by Crippen LogP contribution is -2.45. The maximum atomic E-state index is 6.43. The minimum absolute atomic E-state index is 0.277. The van der Waals surface area contributed by atoms with Crippen molar-refractivity contribution in [3.63, 3.8) is 0 Å². The molecular formula is C29H38N6O. The van der Waals surface area contributed by atoms with Crippen molar-refractivity contribution in [2.24, 2.45) is 10.7 Å². The van der Waals surface area contributed by atoms with Crippen LogP contribution in [0.1, 0.15) is 16.7 Å². The molecule has 0 aromatic heterocycles. The Bertz CT molecular complexity index is 1190. The molecule has 1 aliphatic rings. The van der Waals surface area contributed by atoms with Crippen LogP contribution in [0.5, 0.6) is 5.75 Å². The quantitative estimate of drug-likeness (QED) is 0.258. The summed E-state index contributed by atoms with van der Waals surface area (Å²) in [5.41, 5.74) is 20.5. The molecule has 0 bridgehead atoms. The number of aryl methyl sites for hydroxylation is 3. The number of hydrogen-bond donors (Lipinski definition) is 3. The van der Waals surface area contributed by atoms with Crippen LogP contribution in [0.4, 0.5) is 17.1 Å². The molecule has 5 N–H and O–H groups in total. The molecule has 1 fully saturated rings. The second kappa shape index (κ2) is 11.5. The number of nitrogen functional groups attached to an aromatic ring is 1. The van der Waals surface area contributed by atoms with Crippen LogP contribution in [0.3, 0.4) is 0 Å². The highest BCUT2D eigenvalue weighted by molar-refractivity contribution is 5.96.